The number of fused-ring (bicyclic) bond motifs is 2. The molecule has 0 saturated heterocycles. The standard InChI is InChI=1S/C24H26N2O5S/c1-24(2,19-8-10-21-22(14-19)31-16-30-21)15-25-23(27)11-12-26-32(28,29)20-9-7-17-5-3-4-6-18(17)13-20/h3-10,13-14,26H,11-12,15-16H2,1-2H3,(H,25,27). The van der Waals surface area contributed by atoms with Crippen molar-refractivity contribution in [3.05, 3.63) is 66.2 Å². The molecule has 0 atom stereocenters. The van der Waals surface area contributed by atoms with Gasteiger partial charge in [0.25, 0.3) is 0 Å². The van der Waals surface area contributed by atoms with Crippen molar-refractivity contribution >= 4 is 26.7 Å². The minimum Gasteiger partial charge on any atom is -0.454 e. The summed E-state index contributed by atoms with van der Waals surface area (Å²) in [5.41, 5.74) is 0.681. The van der Waals surface area contributed by atoms with Gasteiger partial charge in [0, 0.05) is 24.9 Å². The van der Waals surface area contributed by atoms with E-state index in [-0.39, 0.29) is 36.0 Å². The summed E-state index contributed by atoms with van der Waals surface area (Å²) in [4.78, 5) is 12.5. The van der Waals surface area contributed by atoms with Gasteiger partial charge in [0.05, 0.1) is 4.90 Å². The fraction of sp³-hybridized carbons (Fsp3) is 0.292. The Morgan fingerprint density at radius 2 is 1.72 bits per heavy atom. The van der Waals surface area contributed by atoms with Crippen molar-refractivity contribution < 1.29 is 22.7 Å². The van der Waals surface area contributed by atoms with Gasteiger partial charge in [0.15, 0.2) is 11.5 Å². The van der Waals surface area contributed by atoms with E-state index in [0.717, 1.165) is 16.3 Å². The molecule has 0 spiro atoms. The summed E-state index contributed by atoms with van der Waals surface area (Å²) in [5, 5.41) is 4.71. The van der Waals surface area contributed by atoms with E-state index >= 15 is 0 Å². The molecule has 0 aromatic heterocycles. The average Bonchev–Trinajstić information content (AvgIpc) is 3.25. The van der Waals surface area contributed by atoms with Crippen LogP contribution in [0.2, 0.25) is 0 Å². The SMILES string of the molecule is CC(C)(CNC(=O)CCNS(=O)(=O)c1ccc2ccccc2c1)c1ccc2c(c1)OCO2. The van der Waals surface area contributed by atoms with Crippen LogP contribution in [0.25, 0.3) is 10.8 Å². The Morgan fingerprint density at radius 3 is 2.53 bits per heavy atom. The lowest BCUT2D eigenvalue weighted by Gasteiger charge is -2.26. The first-order chi connectivity index (χ1) is 15.2. The molecule has 168 valence electrons. The molecule has 3 aromatic carbocycles. The van der Waals surface area contributed by atoms with E-state index in [1.165, 1.54) is 0 Å². The van der Waals surface area contributed by atoms with Crippen LogP contribution >= 0.6 is 0 Å². The number of benzene rings is 3. The van der Waals surface area contributed by atoms with Crippen LogP contribution in [0.5, 0.6) is 11.5 Å². The minimum atomic E-state index is -3.70. The first kappa shape index (κ1) is 22.1. The molecular weight excluding hydrogens is 428 g/mol. The van der Waals surface area contributed by atoms with Crippen molar-refractivity contribution in [1.29, 1.82) is 0 Å². The van der Waals surface area contributed by atoms with Crippen LogP contribution in [0.3, 0.4) is 0 Å². The first-order valence-electron chi connectivity index (χ1n) is 10.4. The number of carbonyl (C=O) groups is 1. The van der Waals surface area contributed by atoms with Crippen LogP contribution in [0, 0.1) is 0 Å². The molecule has 8 heteroatoms. The van der Waals surface area contributed by atoms with Crippen molar-refractivity contribution in [2.24, 2.45) is 0 Å². The number of hydrogen-bond acceptors (Lipinski definition) is 5. The minimum absolute atomic E-state index is 0.0193. The molecule has 1 aliphatic rings. The molecule has 4 rings (SSSR count). The zero-order valence-electron chi connectivity index (χ0n) is 18.1. The lowest BCUT2D eigenvalue weighted by Crippen LogP contribution is -2.38. The van der Waals surface area contributed by atoms with Crippen molar-refractivity contribution in [3.63, 3.8) is 0 Å². The van der Waals surface area contributed by atoms with Crippen molar-refractivity contribution in [1.82, 2.24) is 10.0 Å². The maximum atomic E-state index is 12.6. The maximum Gasteiger partial charge on any atom is 0.240 e. The smallest absolute Gasteiger partial charge is 0.240 e. The van der Waals surface area contributed by atoms with Crippen molar-refractivity contribution in [2.75, 3.05) is 19.9 Å². The molecule has 0 radical (unpaired) electrons. The van der Waals surface area contributed by atoms with Crippen LogP contribution in [0.1, 0.15) is 25.8 Å². The lowest BCUT2D eigenvalue weighted by atomic mass is 9.84. The van der Waals surface area contributed by atoms with E-state index in [0.29, 0.717) is 18.0 Å². The summed E-state index contributed by atoms with van der Waals surface area (Å²) >= 11 is 0. The van der Waals surface area contributed by atoms with Crippen LogP contribution in [-0.2, 0) is 20.2 Å². The molecule has 0 unspecified atom stereocenters. The van der Waals surface area contributed by atoms with E-state index in [1.54, 1.807) is 18.2 Å². The number of hydrogen-bond donors (Lipinski definition) is 2. The molecule has 0 fully saturated rings. The lowest BCUT2D eigenvalue weighted by molar-refractivity contribution is -0.121. The second-order valence-corrected chi connectivity index (χ2v) is 10.2. The number of ether oxygens (including phenoxy) is 2. The van der Waals surface area contributed by atoms with E-state index < -0.39 is 10.0 Å². The molecule has 3 aromatic rings. The summed E-state index contributed by atoms with van der Waals surface area (Å²) in [5.74, 6) is 1.19. The summed E-state index contributed by atoms with van der Waals surface area (Å²) in [6.07, 6.45) is 0.0457. The van der Waals surface area contributed by atoms with E-state index in [2.05, 4.69) is 10.0 Å². The van der Waals surface area contributed by atoms with E-state index in [4.69, 9.17) is 9.47 Å². The fourth-order valence-corrected chi connectivity index (χ4v) is 4.61. The molecule has 7 nitrogen and oxygen atoms in total. The molecule has 1 heterocycles. The average molecular weight is 455 g/mol. The van der Waals surface area contributed by atoms with Gasteiger partial charge in [-0.05, 0) is 40.6 Å². The highest BCUT2D eigenvalue weighted by atomic mass is 32.2. The monoisotopic (exact) mass is 454 g/mol. The highest BCUT2D eigenvalue weighted by Crippen LogP contribution is 2.36. The predicted octanol–water partition coefficient (Wildman–Crippen LogP) is 3.33. The van der Waals surface area contributed by atoms with Gasteiger partial charge in [0.2, 0.25) is 22.7 Å². The molecule has 0 aliphatic carbocycles. The first-order valence-corrected chi connectivity index (χ1v) is 11.9. The third-order valence-corrected chi connectivity index (χ3v) is 7.02. The van der Waals surface area contributed by atoms with Gasteiger partial charge < -0.3 is 14.8 Å². The normalized spacial score (nSPS) is 13.3. The summed E-state index contributed by atoms with van der Waals surface area (Å²) in [6.45, 7) is 4.68. The summed E-state index contributed by atoms with van der Waals surface area (Å²) < 4.78 is 38.5. The quantitative estimate of drug-likeness (QED) is 0.545. The topological polar surface area (TPSA) is 93.7 Å². The molecule has 0 bridgehead atoms. The third kappa shape index (κ3) is 4.87. The molecule has 1 aliphatic heterocycles. The van der Waals surface area contributed by atoms with Gasteiger partial charge in [0.1, 0.15) is 0 Å². The third-order valence-electron chi connectivity index (χ3n) is 5.56. The molecule has 1 amide bonds. The van der Waals surface area contributed by atoms with Gasteiger partial charge in [-0.2, -0.15) is 0 Å². The van der Waals surface area contributed by atoms with Crippen LogP contribution < -0.4 is 19.5 Å². The number of rotatable bonds is 8. The Labute approximate surface area is 187 Å². The highest BCUT2D eigenvalue weighted by Gasteiger charge is 2.25. The predicted molar refractivity (Wildman–Crippen MR) is 122 cm³/mol. The Balaban J connectivity index is 1.29. The summed E-state index contributed by atoms with van der Waals surface area (Å²) in [6, 6.07) is 18.3. The summed E-state index contributed by atoms with van der Waals surface area (Å²) in [7, 11) is -3.70. The van der Waals surface area contributed by atoms with Gasteiger partial charge in [-0.1, -0.05) is 50.2 Å². The van der Waals surface area contributed by atoms with E-state index in [1.807, 2.05) is 56.3 Å². The van der Waals surface area contributed by atoms with Gasteiger partial charge in [-0.3, -0.25) is 4.79 Å². The van der Waals surface area contributed by atoms with Crippen molar-refractivity contribution in [3.8, 4) is 11.5 Å². The van der Waals surface area contributed by atoms with Crippen LogP contribution in [0.15, 0.2) is 65.6 Å². The van der Waals surface area contributed by atoms with Crippen LogP contribution in [-0.4, -0.2) is 34.2 Å². The number of amides is 1. The number of nitrogens with one attached hydrogen (secondary N) is 2. The number of sulfonamides is 1. The Bertz CT molecular complexity index is 1250. The Hall–Kier alpha value is -3.10. The second-order valence-electron chi connectivity index (χ2n) is 8.39. The van der Waals surface area contributed by atoms with Gasteiger partial charge >= 0.3 is 0 Å². The zero-order chi connectivity index (χ0) is 22.8. The molecule has 2 N–H and O–H groups in total. The number of carbonyl (C=O) groups excluding carboxylic acids is 1. The molecule has 32 heavy (non-hydrogen) atoms. The largest absolute Gasteiger partial charge is 0.454 e. The highest BCUT2D eigenvalue weighted by molar-refractivity contribution is 7.89. The van der Waals surface area contributed by atoms with Gasteiger partial charge in [-0.25, -0.2) is 13.1 Å². The second kappa shape index (κ2) is 8.80. The van der Waals surface area contributed by atoms with Crippen LogP contribution in [0.4, 0.5) is 0 Å². The van der Waals surface area contributed by atoms with Crippen molar-refractivity contribution in [2.45, 2.75) is 30.6 Å². The Morgan fingerprint density at radius 1 is 0.969 bits per heavy atom. The maximum absolute atomic E-state index is 12.6. The van der Waals surface area contributed by atoms with Gasteiger partial charge in [-0.15, -0.1) is 0 Å². The Kier molecular flexibility index (Phi) is 6.08. The molecular formula is C24H26N2O5S. The molecule has 0 saturated carbocycles. The zero-order valence-corrected chi connectivity index (χ0v) is 18.9. The van der Waals surface area contributed by atoms with E-state index in [9.17, 15) is 13.2 Å². The fourth-order valence-electron chi connectivity index (χ4n) is 3.54.